The Morgan fingerprint density at radius 1 is 1.38 bits per heavy atom. The summed E-state index contributed by atoms with van der Waals surface area (Å²) in [6, 6.07) is 3.48. The molecule has 114 valence electrons. The van der Waals surface area contributed by atoms with E-state index in [1.807, 2.05) is 0 Å². The summed E-state index contributed by atoms with van der Waals surface area (Å²) >= 11 is 0. The molecule has 1 saturated carbocycles. The number of hydrogen-bond acceptors (Lipinski definition) is 4. The van der Waals surface area contributed by atoms with Gasteiger partial charge in [0.2, 0.25) is 11.8 Å². The van der Waals surface area contributed by atoms with Gasteiger partial charge in [0.15, 0.2) is 0 Å². The maximum absolute atomic E-state index is 11.6. The Morgan fingerprint density at radius 3 is 2.81 bits per heavy atom. The molecule has 2 rings (SSSR count). The molecule has 6 nitrogen and oxygen atoms in total. The van der Waals surface area contributed by atoms with Gasteiger partial charge in [-0.25, -0.2) is 0 Å². The number of furan rings is 1. The van der Waals surface area contributed by atoms with Gasteiger partial charge >= 0.3 is 0 Å². The molecule has 0 unspecified atom stereocenters. The molecular weight excluding hydrogens is 272 g/mol. The van der Waals surface area contributed by atoms with Crippen molar-refractivity contribution in [2.24, 2.45) is 5.41 Å². The minimum Gasteiger partial charge on any atom is -0.465 e. The summed E-state index contributed by atoms with van der Waals surface area (Å²) in [5, 5.41) is 14.5. The monoisotopic (exact) mass is 292 g/mol. The first-order valence-electron chi connectivity index (χ1n) is 7.01. The van der Waals surface area contributed by atoms with Crippen LogP contribution in [-0.2, 0) is 9.59 Å². The summed E-state index contributed by atoms with van der Waals surface area (Å²) in [4.78, 5) is 23.1. The molecule has 0 aliphatic heterocycles. The number of nitrogens with one attached hydrogen (secondary N) is 2. The summed E-state index contributed by atoms with van der Waals surface area (Å²) in [6.07, 6.45) is 6.59. The quantitative estimate of drug-likeness (QED) is 0.615. The zero-order valence-corrected chi connectivity index (χ0v) is 11.8. The Morgan fingerprint density at radius 2 is 2.19 bits per heavy atom. The molecule has 1 aliphatic rings. The van der Waals surface area contributed by atoms with Crippen molar-refractivity contribution in [3.63, 3.8) is 0 Å². The lowest BCUT2D eigenvalue weighted by atomic mass is 10.1. The van der Waals surface area contributed by atoms with Gasteiger partial charge < -0.3 is 20.2 Å². The van der Waals surface area contributed by atoms with E-state index in [2.05, 4.69) is 10.6 Å². The number of aliphatic hydroxyl groups excluding tert-OH is 1. The van der Waals surface area contributed by atoms with E-state index in [1.54, 1.807) is 18.2 Å². The second-order valence-corrected chi connectivity index (χ2v) is 5.32. The first-order valence-corrected chi connectivity index (χ1v) is 7.01. The average molecular weight is 292 g/mol. The van der Waals surface area contributed by atoms with Gasteiger partial charge in [0.25, 0.3) is 0 Å². The van der Waals surface area contributed by atoms with E-state index >= 15 is 0 Å². The van der Waals surface area contributed by atoms with Crippen LogP contribution in [-0.4, -0.2) is 36.6 Å². The Kier molecular flexibility index (Phi) is 5.16. The lowest BCUT2D eigenvalue weighted by Crippen LogP contribution is -2.34. The number of amides is 2. The minimum atomic E-state index is -0.270. The zero-order valence-electron chi connectivity index (χ0n) is 11.8. The van der Waals surface area contributed by atoms with E-state index in [-0.39, 0.29) is 36.8 Å². The van der Waals surface area contributed by atoms with E-state index in [1.165, 1.54) is 12.3 Å². The third-order valence-corrected chi connectivity index (χ3v) is 3.55. The van der Waals surface area contributed by atoms with Gasteiger partial charge in [-0.1, -0.05) is 0 Å². The van der Waals surface area contributed by atoms with E-state index in [0.717, 1.165) is 12.8 Å². The Balaban J connectivity index is 1.58. The fraction of sp³-hybridized carbons (Fsp3) is 0.467. The van der Waals surface area contributed by atoms with Crippen molar-refractivity contribution in [2.45, 2.75) is 19.3 Å². The van der Waals surface area contributed by atoms with Gasteiger partial charge in [0.1, 0.15) is 5.76 Å². The molecular formula is C15H20N2O4. The van der Waals surface area contributed by atoms with Gasteiger partial charge in [-0.3, -0.25) is 9.59 Å². The van der Waals surface area contributed by atoms with Crippen molar-refractivity contribution in [1.82, 2.24) is 10.6 Å². The normalized spacial score (nSPS) is 15.9. The highest BCUT2D eigenvalue weighted by Gasteiger charge is 2.41. The molecule has 1 aliphatic carbocycles. The largest absolute Gasteiger partial charge is 0.465 e. The number of rotatable bonds is 8. The predicted molar refractivity (Wildman–Crippen MR) is 77.1 cm³/mol. The fourth-order valence-electron chi connectivity index (χ4n) is 1.84. The van der Waals surface area contributed by atoms with Gasteiger partial charge in [0, 0.05) is 31.0 Å². The predicted octanol–water partition coefficient (Wildman–Crippen LogP) is 0.688. The summed E-state index contributed by atoms with van der Waals surface area (Å²) < 4.78 is 5.06. The third-order valence-electron chi connectivity index (χ3n) is 3.55. The third kappa shape index (κ3) is 5.07. The summed E-state index contributed by atoms with van der Waals surface area (Å²) in [5.74, 6) is 0.208. The van der Waals surface area contributed by atoms with E-state index in [0.29, 0.717) is 12.3 Å². The van der Waals surface area contributed by atoms with E-state index < -0.39 is 0 Å². The Labute approximate surface area is 123 Å². The lowest BCUT2D eigenvalue weighted by molar-refractivity contribution is -0.121. The summed E-state index contributed by atoms with van der Waals surface area (Å²) in [5.41, 5.74) is -0.0926. The smallest absolute Gasteiger partial charge is 0.244 e. The SMILES string of the molecule is O=C(/C=C/c1ccco1)NCCC(=O)NCC1(CO)CC1. The van der Waals surface area contributed by atoms with Crippen molar-refractivity contribution in [3.05, 3.63) is 30.2 Å². The minimum absolute atomic E-state index is 0.0926. The molecule has 0 spiro atoms. The van der Waals surface area contributed by atoms with Crippen molar-refractivity contribution < 1.29 is 19.1 Å². The molecule has 1 heterocycles. The summed E-state index contributed by atoms with van der Waals surface area (Å²) in [6.45, 7) is 0.898. The average Bonchev–Trinajstić information content (AvgIpc) is 3.08. The number of aliphatic hydroxyl groups is 1. The zero-order chi connectivity index (χ0) is 15.1. The fourth-order valence-corrected chi connectivity index (χ4v) is 1.84. The van der Waals surface area contributed by atoms with Crippen molar-refractivity contribution in [1.29, 1.82) is 0 Å². The van der Waals surface area contributed by atoms with Crippen LogP contribution in [0.15, 0.2) is 28.9 Å². The molecule has 0 atom stereocenters. The first kappa shape index (κ1) is 15.3. The van der Waals surface area contributed by atoms with Crippen LogP contribution in [0.3, 0.4) is 0 Å². The second kappa shape index (κ2) is 7.08. The summed E-state index contributed by atoms with van der Waals surface area (Å²) in [7, 11) is 0. The van der Waals surface area contributed by atoms with Crippen molar-refractivity contribution in [3.8, 4) is 0 Å². The molecule has 0 bridgehead atoms. The topological polar surface area (TPSA) is 91.6 Å². The highest BCUT2D eigenvalue weighted by atomic mass is 16.3. The number of carbonyl (C=O) groups excluding carboxylic acids is 2. The molecule has 1 fully saturated rings. The van der Waals surface area contributed by atoms with Crippen LogP contribution in [0.5, 0.6) is 0 Å². The van der Waals surface area contributed by atoms with E-state index in [9.17, 15) is 9.59 Å². The standard InChI is InChI=1S/C15H20N2O4/c18-11-15(6-7-15)10-17-14(20)5-8-16-13(19)4-3-12-2-1-9-21-12/h1-4,9,18H,5-8,10-11H2,(H,16,19)(H,17,20)/b4-3+. The van der Waals surface area contributed by atoms with Crippen LogP contribution < -0.4 is 10.6 Å². The Hall–Kier alpha value is -2.08. The second-order valence-electron chi connectivity index (χ2n) is 5.32. The van der Waals surface area contributed by atoms with Gasteiger partial charge in [-0.05, 0) is 31.1 Å². The molecule has 3 N–H and O–H groups in total. The molecule has 0 aromatic carbocycles. The molecule has 0 radical (unpaired) electrons. The molecule has 21 heavy (non-hydrogen) atoms. The van der Waals surface area contributed by atoms with Crippen molar-refractivity contribution >= 4 is 17.9 Å². The molecule has 6 heteroatoms. The number of hydrogen-bond donors (Lipinski definition) is 3. The molecule has 1 aromatic heterocycles. The van der Waals surface area contributed by atoms with Crippen LogP contribution >= 0.6 is 0 Å². The molecule has 1 aromatic rings. The Bertz CT molecular complexity index is 504. The highest BCUT2D eigenvalue weighted by molar-refractivity contribution is 5.91. The molecule has 0 saturated heterocycles. The lowest BCUT2D eigenvalue weighted by Gasteiger charge is -2.12. The van der Waals surface area contributed by atoms with Crippen LogP contribution in [0.2, 0.25) is 0 Å². The van der Waals surface area contributed by atoms with Gasteiger partial charge in [-0.2, -0.15) is 0 Å². The van der Waals surface area contributed by atoms with Crippen LogP contribution in [0, 0.1) is 5.41 Å². The van der Waals surface area contributed by atoms with Crippen LogP contribution in [0.25, 0.3) is 6.08 Å². The molecule has 2 amide bonds. The van der Waals surface area contributed by atoms with E-state index in [4.69, 9.17) is 9.52 Å². The van der Waals surface area contributed by atoms with Crippen molar-refractivity contribution in [2.75, 3.05) is 19.7 Å². The van der Waals surface area contributed by atoms with Crippen LogP contribution in [0.4, 0.5) is 0 Å². The first-order chi connectivity index (χ1) is 10.1. The highest BCUT2D eigenvalue weighted by Crippen LogP contribution is 2.44. The van der Waals surface area contributed by atoms with Gasteiger partial charge in [0.05, 0.1) is 12.9 Å². The number of carbonyl (C=O) groups is 2. The maximum atomic E-state index is 11.6. The maximum Gasteiger partial charge on any atom is 0.244 e. The van der Waals surface area contributed by atoms with Gasteiger partial charge in [-0.15, -0.1) is 0 Å². The van der Waals surface area contributed by atoms with Crippen LogP contribution in [0.1, 0.15) is 25.0 Å².